The molecular formula is C32H50O5. The van der Waals surface area contributed by atoms with Gasteiger partial charge in [0.2, 0.25) is 0 Å². The number of carbonyl (C=O) groups excluding carboxylic acids is 1. The number of carbonyl (C=O) groups is 2. The fourth-order valence-electron chi connectivity index (χ4n) is 11.2. The Labute approximate surface area is 223 Å². The fourth-order valence-corrected chi connectivity index (χ4v) is 11.2. The molecule has 10 atom stereocenters. The third kappa shape index (κ3) is 3.31. The lowest BCUT2D eigenvalue weighted by Gasteiger charge is -2.71. The molecule has 5 rings (SSSR count). The van der Waals surface area contributed by atoms with Crippen LogP contribution in [0.2, 0.25) is 0 Å². The molecule has 4 fully saturated rings. The van der Waals surface area contributed by atoms with Crippen LogP contribution >= 0.6 is 0 Å². The summed E-state index contributed by atoms with van der Waals surface area (Å²) < 4.78 is 5.86. The Hall–Kier alpha value is -1.36. The van der Waals surface area contributed by atoms with E-state index in [1.807, 2.05) is 6.92 Å². The molecule has 5 aliphatic carbocycles. The van der Waals surface area contributed by atoms with Crippen LogP contribution in [0.1, 0.15) is 113 Å². The molecule has 0 aromatic carbocycles. The molecule has 0 radical (unpaired) electrons. The van der Waals surface area contributed by atoms with E-state index in [4.69, 9.17) is 4.74 Å². The summed E-state index contributed by atoms with van der Waals surface area (Å²) in [7, 11) is 0. The van der Waals surface area contributed by atoms with E-state index in [0.717, 1.165) is 44.9 Å². The summed E-state index contributed by atoms with van der Waals surface area (Å²) in [6.07, 6.45) is 10.4. The Balaban J connectivity index is 1.59. The number of aliphatic hydroxyl groups is 1. The predicted molar refractivity (Wildman–Crippen MR) is 144 cm³/mol. The smallest absolute Gasteiger partial charge is 0.310 e. The molecule has 5 aliphatic rings. The zero-order valence-corrected chi connectivity index (χ0v) is 24.4. The number of carboxylic acids is 1. The number of allylic oxidation sites excluding steroid dienone is 1. The normalized spacial score (nSPS) is 52.5. The van der Waals surface area contributed by atoms with Gasteiger partial charge in [0.05, 0.1) is 11.0 Å². The maximum atomic E-state index is 12.9. The molecule has 0 aliphatic heterocycles. The van der Waals surface area contributed by atoms with Crippen LogP contribution in [0.15, 0.2) is 11.6 Å². The average Bonchev–Trinajstić information content (AvgIpc) is 2.78. The molecule has 5 heteroatoms. The van der Waals surface area contributed by atoms with Crippen molar-refractivity contribution in [2.75, 3.05) is 0 Å². The van der Waals surface area contributed by atoms with Crippen LogP contribution in [0.3, 0.4) is 0 Å². The maximum absolute atomic E-state index is 12.9. The average molecular weight is 515 g/mol. The first kappa shape index (κ1) is 27.2. The van der Waals surface area contributed by atoms with E-state index >= 15 is 0 Å². The van der Waals surface area contributed by atoms with Crippen LogP contribution in [0.25, 0.3) is 0 Å². The lowest BCUT2D eigenvalue weighted by Crippen LogP contribution is -2.67. The summed E-state index contributed by atoms with van der Waals surface area (Å²) in [6, 6.07) is 0. The minimum atomic E-state index is -1.03. The zero-order chi connectivity index (χ0) is 27.4. The van der Waals surface area contributed by atoms with E-state index in [2.05, 4.69) is 47.6 Å². The molecule has 0 amide bonds. The van der Waals surface area contributed by atoms with Gasteiger partial charge in [-0.15, -0.1) is 0 Å². The number of aliphatic carboxylic acids is 1. The second-order valence-corrected chi connectivity index (χ2v) is 15.3. The maximum Gasteiger partial charge on any atom is 0.310 e. The molecule has 208 valence electrons. The fraction of sp³-hybridized carbons (Fsp3) is 0.875. The summed E-state index contributed by atoms with van der Waals surface area (Å²) >= 11 is 0. The van der Waals surface area contributed by atoms with Crippen molar-refractivity contribution in [2.45, 2.75) is 125 Å². The van der Waals surface area contributed by atoms with Gasteiger partial charge in [0, 0.05) is 18.3 Å². The highest BCUT2D eigenvalue weighted by Crippen LogP contribution is 2.76. The molecule has 5 nitrogen and oxygen atoms in total. The van der Waals surface area contributed by atoms with Crippen molar-refractivity contribution in [3.63, 3.8) is 0 Å². The molecule has 0 aromatic rings. The van der Waals surface area contributed by atoms with Gasteiger partial charge >= 0.3 is 11.9 Å². The number of esters is 1. The Morgan fingerprint density at radius 1 is 0.919 bits per heavy atom. The zero-order valence-electron chi connectivity index (χ0n) is 24.4. The molecule has 0 aromatic heterocycles. The van der Waals surface area contributed by atoms with Crippen molar-refractivity contribution in [1.29, 1.82) is 0 Å². The molecule has 0 heterocycles. The van der Waals surface area contributed by atoms with E-state index < -0.39 is 17.0 Å². The van der Waals surface area contributed by atoms with Crippen molar-refractivity contribution >= 4 is 11.9 Å². The second-order valence-electron chi connectivity index (χ2n) is 15.3. The monoisotopic (exact) mass is 514 g/mol. The van der Waals surface area contributed by atoms with E-state index in [1.54, 1.807) is 0 Å². The molecule has 1 unspecified atom stereocenters. The van der Waals surface area contributed by atoms with Gasteiger partial charge in [0.1, 0.15) is 6.10 Å². The first-order chi connectivity index (χ1) is 17.0. The molecule has 4 saturated carbocycles. The Kier molecular flexibility index (Phi) is 5.95. The highest BCUT2D eigenvalue weighted by molar-refractivity contribution is 5.77. The van der Waals surface area contributed by atoms with E-state index in [0.29, 0.717) is 24.7 Å². The first-order valence-corrected chi connectivity index (χ1v) is 14.8. The largest absolute Gasteiger partial charge is 0.481 e. The molecule has 0 spiro atoms. The van der Waals surface area contributed by atoms with E-state index in [-0.39, 0.29) is 45.6 Å². The Morgan fingerprint density at radius 3 is 2.22 bits per heavy atom. The number of rotatable bonds is 2. The second kappa shape index (κ2) is 8.08. The van der Waals surface area contributed by atoms with Gasteiger partial charge in [0.15, 0.2) is 0 Å². The van der Waals surface area contributed by atoms with Crippen LogP contribution in [0.4, 0.5) is 0 Å². The third-order valence-corrected chi connectivity index (χ3v) is 13.7. The van der Waals surface area contributed by atoms with Gasteiger partial charge in [-0.25, -0.2) is 0 Å². The summed E-state index contributed by atoms with van der Waals surface area (Å²) in [5.74, 6) is -0.217. The van der Waals surface area contributed by atoms with Crippen molar-refractivity contribution in [1.82, 2.24) is 0 Å². The summed E-state index contributed by atoms with van der Waals surface area (Å²) in [4.78, 5) is 24.8. The van der Waals surface area contributed by atoms with Gasteiger partial charge in [-0.1, -0.05) is 53.2 Å². The lowest BCUT2D eigenvalue weighted by molar-refractivity contribution is -0.221. The van der Waals surface area contributed by atoms with Crippen molar-refractivity contribution in [3.8, 4) is 0 Å². The Morgan fingerprint density at radius 2 is 1.59 bits per heavy atom. The SMILES string of the molecule is CC(=O)O[C@H]1CC[C@]2(C)C3CC=C4[C@H]5[C@](C(=O)O)(CC[C@@H](C)[C@@]5(C)O)CC[C@@]4(C)[C@]3(C)CC[C@H]2C1(C)C. The lowest BCUT2D eigenvalue weighted by atomic mass is 9.33. The minimum absolute atomic E-state index is 0.0358. The number of fused-ring (bicyclic) bond motifs is 7. The predicted octanol–water partition coefficient (Wildman–Crippen LogP) is 6.78. The van der Waals surface area contributed by atoms with Crippen molar-refractivity contribution in [3.05, 3.63) is 11.6 Å². The van der Waals surface area contributed by atoms with E-state index in [9.17, 15) is 19.8 Å². The highest BCUT2D eigenvalue weighted by Gasteiger charge is 2.71. The highest BCUT2D eigenvalue weighted by atomic mass is 16.5. The minimum Gasteiger partial charge on any atom is -0.481 e. The number of hydrogen-bond acceptors (Lipinski definition) is 4. The molecule has 0 saturated heterocycles. The van der Waals surface area contributed by atoms with E-state index in [1.165, 1.54) is 12.5 Å². The van der Waals surface area contributed by atoms with Crippen LogP contribution in [0, 0.1) is 50.7 Å². The topological polar surface area (TPSA) is 83.8 Å². The summed E-state index contributed by atoms with van der Waals surface area (Å²) in [5, 5.41) is 22.5. The standard InChI is InChI=1S/C32H50O5/c1-19-11-16-32(26(34)35)18-17-29(6)21(25(32)31(19,8)36)9-10-23-28(5)14-13-24(37-20(2)33)27(3,4)22(28)12-15-30(23,29)7/h9,19,22-25,36H,10-18H2,1-8H3,(H,34,35)/t19-,22+,23?,24+,25-,28+,29-,30-,31-,32+/m1/s1. The van der Waals surface area contributed by atoms with Crippen LogP contribution in [-0.4, -0.2) is 33.9 Å². The third-order valence-electron chi connectivity index (χ3n) is 13.7. The summed E-state index contributed by atoms with van der Waals surface area (Å²) in [5.41, 5.74) is -0.708. The Bertz CT molecular complexity index is 1030. The number of carboxylic acid groups (broad SMARTS) is 1. The van der Waals surface area contributed by atoms with Gasteiger partial charge in [-0.3, -0.25) is 9.59 Å². The first-order valence-electron chi connectivity index (χ1n) is 14.8. The van der Waals surface area contributed by atoms with Crippen LogP contribution in [-0.2, 0) is 14.3 Å². The number of hydrogen-bond donors (Lipinski definition) is 2. The summed E-state index contributed by atoms with van der Waals surface area (Å²) in [6.45, 7) is 17.5. The number of ether oxygens (including phenoxy) is 1. The molecule has 2 N–H and O–H groups in total. The van der Waals surface area contributed by atoms with Gasteiger partial charge < -0.3 is 14.9 Å². The van der Waals surface area contributed by atoms with Crippen molar-refractivity contribution < 1.29 is 24.5 Å². The van der Waals surface area contributed by atoms with Crippen molar-refractivity contribution in [2.24, 2.45) is 50.7 Å². The quantitative estimate of drug-likeness (QED) is 0.314. The van der Waals surface area contributed by atoms with Crippen LogP contribution < -0.4 is 0 Å². The van der Waals surface area contributed by atoms with Crippen LogP contribution in [0.5, 0.6) is 0 Å². The van der Waals surface area contributed by atoms with Gasteiger partial charge in [-0.05, 0) is 98.7 Å². The molecule has 37 heavy (non-hydrogen) atoms. The molecular weight excluding hydrogens is 464 g/mol. The van der Waals surface area contributed by atoms with Gasteiger partial charge in [-0.2, -0.15) is 0 Å². The van der Waals surface area contributed by atoms with Gasteiger partial charge in [0.25, 0.3) is 0 Å². The molecule has 0 bridgehead atoms.